The van der Waals surface area contributed by atoms with Crippen molar-refractivity contribution in [3.63, 3.8) is 0 Å². The summed E-state index contributed by atoms with van der Waals surface area (Å²) in [6.45, 7) is 0.308. The Morgan fingerprint density at radius 2 is 0.378 bits per heavy atom. The molecule has 32 rings (SSSR count). The van der Waals surface area contributed by atoms with Crippen molar-refractivity contribution >= 4 is 305 Å². The van der Waals surface area contributed by atoms with Crippen LogP contribution < -0.4 is 130 Å². The van der Waals surface area contributed by atoms with Crippen molar-refractivity contribution in [2.24, 2.45) is 0 Å². The van der Waals surface area contributed by atoms with Crippen LogP contribution >= 0.6 is 68.9 Å². The molecular weight excluding hydrogens is 1960 g/mol. The van der Waals surface area contributed by atoms with E-state index in [-0.39, 0.29) is 20.1 Å². The minimum absolute atomic E-state index is 0.0174. The molecule has 0 bridgehead atoms. The van der Waals surface area contributed by atoms with Crippen molar-refractivity contribution in [2.75, 3.05) is 0 Å². The number of thiophene rings is 4. The molecule has 0 N–H and O–H groups in total. The second kappa shape index (κ2) is 35.4. The lowest BCUT2D eigenvalue weighted by Crippen LogP contribution is -2.75. The minimum Gasteiger partial charge on any atom is -0.458 e. The summed E-state index contributed by atoms with van der Waals surface area (Å²) in [5.74, 6) is 7.12. The molecule has 4 aromatic heterocycles. The third kappa shape index (κ3) is 13.5. The predicted molar refractivity (Wildman–Crippen MR) is 643 cm³/mol. The summed E-state index contributed by atoms with van der Waals surface area (Å²) in [6, 6.07) is 187. The van der Waals surface area contributed by atoms with Crippen LogP contribution in [0.2, 0.25) is 0 Å². The quantitative estimate of drug-likeness (QED) is 0.0896. The zero-order valence-electron chi connectivity index (χ0n) is 79.7. The van der Waals surface area contributed by atoms with Crippen molar-refractivity contribution < 1.29 is 18.9 Å². The van der Waals surface area contributed by atoms with Gasteiger partial charge in [0.05, 0.1) is 0 Å². The van der Waals surface area contributed by atoms with Crippen LogP contribution in [-0.2, 0) is 0 Å². The standard InChI is InChI=1S/C48H29BO2S2Si.C42H27BO2SSi.C42H27BS3Si/c1-2-14-30(15-3-1)54(44-26-12-18-34-32-16-4-10-24-42(32)52-47(34)44,45-27-13-19-35-33-17-5-11-25-43(33)53-48(35)45)31-28-40-46-41(29-31)51-39-23-9-7-21-37(39)49(46)36-20-6-8-22-38(36)50-40;1-3-14-28(15-4-1)47(29-16-5-2-6-17-29,40-25-13-19-32-31-18-7-12-24-39(31)46-42(32)40)30-26-37-41-38(27-30)45-36-23-11-9-21-34(36)43(41)33-20-8-10-22-35(33)44-37;1-3-14-28(15-4-1)47(29-16-5-2-6-17-29,40-25-13-19-32-31-18-7-10-22-35(31)46-42(32)40)30-26-38-41-39(27-30)45-37-24-12-9-21-34(37)43(41)33-20-8-11-23-36(33)44-38/h1-29H;2*1-27H. The normalized spacial score (nSPS) is 13.1. The molecule has 0 saturated heterocycles. The Morgan fingerprint density at radius 1 is 0.155 bits per heavy atom. The summed E-state index contributed by atoms with van der Waals surface area (Å²) < 4.78 is 38.4. The van der Waals surface area contributed by atoms with Crippen LogP contribution in [0.4, 0.5) is 0 Å². The van der Waals surface area contributed by atoms with Crippen LogP contribution in [0, 0.1) is 0 Å². The van der Waals surface area contributed by atoms with Crippen molar-refractivity contribution in [1.29, 1.82) is 0 Å². The highest BCUT2D eigenvalue weighted by atomic mass is 32.2. The summed E-state index contributed by atoms with van der Waals surface area (Å²) in [5, 5.41) is 26.9. The molecule has 0 atom stereocenters. The van der Waals surface area contributed by atoms with Crippen LogP contribution in [0.3, 0.4) is 0 Å². The number of ether oxygens (including phenoxy) is 4. The van der Waals surface area contributed by atoms with Crippen molar-refractivity contribution in [3.8, 4) is 46.0 Å². The van der Waals surface area contributed by atoms with Crippen molar-refractivity contribution in [1.82, 2.24) is 0 Å². The number of hydrogen-bond donors (Lipinski definition) is 0. The molecule has 22 aromatic carbocycles. The Morgan fingerprint density at radius 3 is 0.682 bits per heavy atom. The molecular formula is C132H83B3O4S6Si3. The SMILES string of the molecule is c1ccc([Si](c2cc3c4c(c2)Oc2ccccc2B4c2ccccc2O3)(c2cccc3c2sc2ccccc23)c2cccc3c2sc2ccccc23)cc1.c1ccc([Si](c2ccccc2)(c2cc3c4c(c2)Oc2ccccc2B4c2ccccc2O3)c2cccc3c2sc2ccccc23)cc1.c1ccc([Si](c2ccccc2)(c2cc3c4c(c2)Sc2ccccc2B4c2ccccc2S3)c2cccc3c2sc2ccccc23)cc1. The fraction of sp³-hybridized carbons (Fsp3) is 0. The number of hydrogen-bond acceptors (Lipinski definition) is 10. The van der Waals surface area contributed by atoms with Gasteiger partial charge in [-0.05, 0) is 187 Å². The molecule has 0 radical (unpaired) electrons. The molecule has 692 valence electrons. The van der Waals surface area contributed by atoms with Gasteiger partial charge in [0.15, 0.2) is 24.2 Å². The summed E-state index contributed by atoms with van der Waals surface area (Å²) in [6.07, 6.45) is 0. The summed E-state index contributed by atoms with van der Waals surface area (Å²) in [4.78, 5) is 5.53. The fourth-order valence-corrected chi connectivity index (χ4v) is 49.5. The van der Waals surface area contributed by atoms with Gasteiger partial charge < -0.3 is 18.9 Å². The smallest absolute Gasteiger partial charge is 0.260 e. The van der Waals surface area contributed by atoms with Gasteiger partial charge in [-0.3, -0.25) is 0 Å². The number of rotatable bonds is 12. The van der Waals surface area contributed by atoms with E-state index >= 15 is 0 Å². The van der Waals surface area contributed by atoms with E-state index in [4.69, 9.17) is 18.9 Å². The predicted octanol–water partition coefficient (Wildman–Crippen LogP) is 21.6. The van der Waals surface area contributed by atoms with Crippen LogP contribution in [-0.4, -0.2) is 44.4 Å². The summed E-state index contributed by atoms with van der Waals surface area (Å²) >= 11 is 11.6. The van der Waals surface area contributed by atoms with Gasteiger partial charge in [-0.15, -0.1) is 45.3 Å². The molecule has 6 aliphatic heterocycles. The van der Waals surface area contributed by atoms with Gasteiger partial charge in [0, 0.05) is 111 Å². The lowest BCUT2D eigenvalue weighted by molar-refractivity contribution is 0.464. The zero-order valence-corrected chi connectivity index (χ0v) is 87.6. The Labute approximate surface area is 885 Å². The molecule has 6 aliphatic rings. The monoisotopic (exact) mass is 2040 g/mol. The van der Waals surface area contributed by atoms with Gasteiger partial charge in [0.25, 0.3) is 13.4 Å². The molecule has 16 heteroatoms. The third-order valence-electron chi connectivity index (χ3n) is 31.4. The molecule has 0 spiro atoms. The largest absolute Gasteiger partial charge is 0.458 e. The fourth-order valence-electron chi connectivity index (χ4n) is 25.3. The van der Waals surface area contributed by atoms with Crippen molar-refractivity contribution in [2.45, 2.75) is 19.6 Å². The highest BCUT2D eigenvalue weighted by Gasteiger charge is 2.52. The summed E-state index contributed by atoms with van der Waals surface area (Å²) in [7, 11) is -8.98. The van der Waals surface area contributed by atoms with E-state index in [0.717, 1.165) is 56.9 Å². The Hall–Kier alpha value is -15.5. The van der Waals surface area contributed by atoms with Crippen molar-refractivity contribution in [3.05, 3.63) is 504 Å². The average molecular weight is 2040 g/mol. The number of para-hydroxylation sites is 4. The molecule has 0 amide bonds. The van der Waals surface area contributed by atoms with E-state index in [2.05, 4.69) is 504 Å². The second-order valence-electron chi connectivity index (χ2n) is 39.0. The van der Waals surface area contributed by atoms with Gasteiger partial charge in [-0.1, -0.05) is 441 Å². The van der Waals surface area contributed by atoms with E-state index in [1.807, 2.05) is 68.9 Å². The molecule has 148 heavy (non-hydrogen) atoms. The lowest BCUT2D eigenvalue weighted by Gasteiger charge is -2.38. The van der Waals surface area contributed by atoms with E-state index in [9.17, 15) is 0 Å². The number of fused-ring (bicyclic) bond motifs is 24. The van der Waals surface area contributed by atoms with Gasteiger partial charge in [-0.25, -0.2) is 0 Å². The van der Waals surface area contributed by atoms with Gasteiger partial charge in [0.2, 0.25) is 6.71 Å². The maximum Gasteiger partial charge on any atom is 0.260 e. The summed E-state index contributed by atoms with van der Waals surface area (Å²) in [5.41, 5.74) is 11.2. The number of benzene rings is 22. The molecule has 4 nitrogen and oxygen atoms in total. The second-order valence-corrected chi connectivity index (χ2v) is 56.6. The van der Waals surface area contributed by atoms with Gasteiger partial charge in [-0.2, -0.15) is 0 Å². The van der Waals surface area contributed by atoms with E-state index in [1.165, 1.54) is 201 Å². The molecule has 0 saturated carbocycles. The first-order chi connectivity index (χ1) is 73.4. The highest BCUT2D eigenvalue weighted by Crippen LogP contribution is 2.46. The van der Waals surface area contributed by atoms with E-state index < -0.39 is 24.2 Å². The maximum absolute atomic E-state index is 7.00. The van der Waals surface area contributed by atoms with Crippen LogP contribution in [0.25, 0.3) is 80.7 Å². The average Bonchev–Trinajstić information content (AvgIpc) is 1.18. The van der Waals surface area contributed by atoms with Gasteiger partial charge >= 0.3 is 0 Å². The Bertz CT molecular complexity index is 9160. The first-order valence-electron chi connectivity index (χ1n) is 50.4. The Kier molecular flexibility index (Phi) is 21.0. The minimum atomic E-state index is -3.18. The zero-order chi connectivity index (χ0) is 97.3. The van der Waals surface area contributed by atoms with Crippen LogP contribution in [0.1, 0.15) is 0 Å². The van der Waals surface area contributed by atoms with Crippen LogP contribution in [0.15, 0.2) is 523 Å². The molecule has 0 unspecified atom stereocenters. The molecule has 26 aromatic rings. The molecule has 10 heterocycles. The van der Waals surface area contributed by atoms with Gasteiger partial charge in [0.1, 0.15) is 46.0 Å². The van der Waals surface area contributed by atoms with Crippen LogP contribution in [0.5, 0.6) is 46.0 Å². The third-order valence-corrected chi connectivity index (χ3v) is 53.7. The first kappa shape index (κ1) is 87.8. The molecule has 0 fully saturated rings. The highest BCUT2D eigenvalue weighted by molar-refractivity contribution is 8.01. The molecule has 0 aliphatic carbocycles. The lowest BCUT2D eigenvalue weighted by atomic mass is 9.35. The first-order valence-corrected chi connectivity index (χ1v) is 61.3. The van der Waals surface area contributed by atoms with E-state index in [0.29, 0.717) is 0 Å². The Balaban J connectivity index is 0.000000103. The van der Waals surface area contributed by atoms with E-state index in [1.54, 1.807) is 0 Å². The maximum atomic E-state index is 7.00. The topological polar surface area (TPSA) is 36.9 Å².